The van der Waals surface area contributed by atoms with E-state index in [-0.39, 0.29) is 11.9 Å². The third-order valence-corrected chi connectivity index (χ3v) is 5.94. The van der Waals surface area contributed by atoms with Crippen LogP contribution in [0.1, 0.15) is 17.2 Å². The van der Waals surface area contributed by atoms with E-state index in [1.807, 2.05) is 0 Å². The standard InChI is InChI=1S/C21H28N6O3/c1-25-8-10-27(11-9-25)18(15-3-4-17-16(13-15)5-7-26(17)2)14-22-20(28)21(29)23-19-6-12-30-24-19/h3-4,6,12-13,18H,5,7-11,14H2,1-2H3,(H,22,28)(H,23,24,29). The van der Waals surface area contributed by atoms with Gasteiger partial charge < -0.3 is 19.6 Å². The first-order valence-electron chi connectivity index (χ1n) is 10.3. The fraction of sp³-hybridized carbons (Fsp3) is 0.476. The van der Waals surface area contributed by atoms with Crippen molar-refractivity contribution in [2.24, 2.45) is 0 Å². The molecule has 9 heteroatoms. The summed E-state index contributed by atoms with van der Waals surface area (Å²) in [4.78, 5) is 31.4. The number of hydrogen-bond acceptors (Lipinski definition) is 7. The summed E-state index contributed by atoms with van der Waals surface area (Å²) in [5.41, 5.74) is 3.78. The van der Waals surface area contributed by atoms with Crippen LogP contribution in [0, 0.1) is 0 Å². The highest BCUT2D eigenvalue weighted by atomic mass is 16.5. The van der Waals surface area contributed by atoms with Crippen LogP contribution in [-0.4, -0.2) is 80.1 Å². The lowest BCUT2D eigenvalue weighted by Crippen LogP contribution is -2.49. The smallest absolute Gasteiger partial charge is 0.314 e. The molecule has 1 atom stereocenters. The molecule has 4 rings (SSSR count). The van der Waals surface area contributed by atoms with E-state index in [1.54, 1.807) is 0 Å². The Kier molecular flexibility index (Phi) is 6.01. The first kappa shape index (κ1) is 20.4. The number of nitrogens with one attached hydrogen (secondary N) is 2. The first-order valence-corrected chi connectivity index (χ1v) is 10.3. The van der Waals surface area contributed by atoms with E-state index in [1.165, 1.54) is 29.1 Å². The molecule has 1 aromatic heterocycles. The number of piperazine rings is 1. The predicted molar refractivity (Wildman–Crippen MR) is 113 cm³/mol. The molecule has 2 N–H and O–H groups in total. The number of aromatic nitrogens is 1. The van der Waals surface area contributed by atoms with E-state index in [0.29, 0.717) is 6.54 Å². The molecule has 3 heterocycles. The number of hydrogen-bond donors (Lipinski definition) is 2. The van der Waals surface area contributed by atoms with Gasteiger partial charge in [-0.1, -0.05) is 17.3 Å². The Hall–Kier alpha value is -2.91. The van der Waals surface area contributed by atoms with Gasteiger partial charge in [0.2, 0.25) is 0 Å². The minimum absolute atomic E-state index is 0.0127. The topological polar surface area (TPSA) is 93.9 Å². The molecule has 2 aromatic rings. The van der Waals surface area contributed by atoms with Gasteiger partial charge in [0.25, 0.3) is 0 Å². The van der Waals surface area contributed by atoms with Crippen LogP contribution in [0.4, 0.5) is 11.5 Å². The summed E-state index contributed by atoms with van der Waals surface area (Å²) in [6.45, 7) is 5.17. The van der Waals surface area contributed by atoms with Crippen molar-refractivity contribution in [2.45, 2.75) is 12.5 Å². The van der Waals surface area contributed by atoms with Crippen molar-refractivity contribution in [1.29, 1.82) is 0 Å². The normalized spacial score (nSPS) is 18.1. The second-order valence-electron chi connectivity index (χ2n) is 7.96. The zero-order valence-corrected chi connectivity index (χ0v) is 17.4. The van der Waals surface area contributed by atoms with Gasteiger partial charge in [0, 0.05) is 58.1 Å². The molecular weight excluding hydrogens is 384 g/mol. The van der Waals surface area contributed by atoms with Gasteiger partial charge in [-0.15, -0.1) is 0 Å². The zero-order valence-electron chi connectivity index (χ0n) is 17.4. The van der Waals surface area contributed by atoms with E-state index in [0.717, 1.165) is 39.1 Å². The van der Waals surface area contributed by atoms with Crippen molar-refractivity contribution in [2.75, 3.05) is 63.6 Å². The Balaban J connectivity index is 1.46. The highest BCUT2D eigenvalue weighted by Crippen LogP contribution is 2.31. The maximum atomic E-state index is 12.4. The second kappa shape index (κ2) is 8.85. The number of carbonyl (C=O) groups is 2. The Morgan fingerprint density at radius 3 is 2.63 bits per heavy atom. The van der Waals surface area contributed by atoms with Crippen molar-refractivity contribution in [3.05, 3.63) is 41.7 Å². The van der Waals surface area contributed by atoms with Gasteiger partial charge in [0.1, 0.15) is 6.26 Å². The summed E-state index contributed by atoms with van der Waals surface area (Å²) >= 11 is 0. The summed E-state index contributed by atoms with van der Waals surface area (Å²) in [6, 6.07) is 8.06. The summed E-state index contributed by atoms with van der Waals surface area (Å²) < 4.78 is 4.67. The number of nitrogens with zero attached hydrogens (tertiary/aromatic N) is 4. The zero-order chi connectivity index (χ0) is 21.1. The van der Waals surface area contributed by atoms with E-state index in [4.69, 9.17) is 0 Å². The van der Waals surface area contributed by atoms with Gasteiger partial charge in [0.05, 0.1) is 6.04 Å². The van der Waals surface area contributed by atoms with Crippen LogP contribution in [0.15, 0.2) is 35.1 Å². The predicted octanol–water partition coefficient (Wildman–Crippen LogP) is 0.710. The SMILES string of the molecule is CN1CCN(C(CNC(=O)C(=O)Nc2ccon2)c2ccc3c(c2)CCN3C)CC1. The van der Waals surface area contributed by atoms with Crippen LogP contribution >= 0.6 is 0 Å². The third-order valence-electron chi connectivity index (χ3n) is 5.94. The number of likely N-dealkylation sites (N-methyl/N-ethyl adjacent to an activating group) is 2. The van der Waals surface area contributed by atoms with Gasteiger partial charge in [-0.25, -0.2) is 0 Å². The molecule has 1 fully saturated rings. The van der Waals surface area contributed by atoms with Gasteiger partial charge in [-0.2, -0.15) is 0 Å². The quantitative estimate of drug-likeness (QED) is 0.699. The highest BCUT2D eigenvalue weighted by Gasteiger charge is 2.27. The minimum Gasteiger partial charge on any atom is -0.374 e. The lowest BCUT2D eigenvalue weighted by atomic mass is 10.00. The summed E-state index contributed by atoms with van der Waals surface area (Å²) in [5, 5.41) is 8.83. The van der Waals surface area contributed by atoms with Crippen LogP contribution < -0.4 is 15.5 Å². The largest absolute Gasteiger partial charge is 0.374 e. The number of amides is 2. The fourth-order valence-corrected chi connectivity index (χ4v) is 4.11. The molecular formula is C21H28N6O3. The molecule has 1 saturated heterocycles. The van der Waals surface area contributed by atoms with E-state index in [9.17, 15) is 9.59 Å². The molecule has 0 saturated carbocycles. The van der Waals surface area contributed by atoms with Gasteiger partial charge >= 0.3 is 11.8 Å². The van der Waals surface area contributed by atoms with Crippen LogP contribution in [0.5, 0.6) is 0 Å². The summed E-state index contributed by atoms with van der Waals surface area (Å²) in [7, 11) is 4.23. The molecule has 0 aliphatic carbocycles. The molecule has 1 aromatic carbocycles. The Morgan fingerprint density at radius 1 is 1.10 bits per heavy atom. The van der Waals surface area contributed by atoms with E-state index >= 15 is 0 Å². The van der Waals surface area contributed by atoms with Crippen molar-refractivity contribution in [3.63, 3.8) is 0 Å². The maximum Gasteiger partial charge on any atom is 0.314 e. The monoisotopic (exact) mass is 412 g/mol. The third kappa shape index (κ3) is 4.47. The van der Waals surface area contributed by atoms with E-state index < -0.39 is 11.8 Å². The number of anilines is 2. The number of benzene rings is 1. The Morgan fingerprint density at radius 2 is 1.90 bits per heavy atom. The van der Waals surface area contributed by atoms with Gasteiger partial charge in [-0.05, 0) is 30.7 Å². The van der Waals surface area contributed by atoms with Crippen LogP contribution in [0.25, 0.3) is 0 Å². The molecule has 1 unspecified atom stereocenters. The lowest BCUT2D eigenvalue weighted by molar-refractivity contribution is -0.136. The Bertz CT molecular complexity index is 892. The van der Waals surface area contributed by atoms with Crippen LogP contribution in [0.3, 0.4) is 0 Å². The average Bonchev–Trinajstić information content (AvgIpc) is 3.39. The molecule has 2 aliphatic rings. The average molecular weight is 412 g/mol. The lowest BCUT2D eigenvalue weighted by Gasteiger charge is -2.38. The van der Waals surface area contributed by atoms with Crippen LogP contribution in [0.2, 0.25) is 0 Å². The van der Waals surface area contributed by atoms with Crippen molar-refractivity contribution < 1.29 is 14.1 Å². The van der Waals surface area contributed by atoms with Gasteiger partial charge in [0.15, 0.2) is 5.82 Å². The molecule has 2 aliphatic heterocycles. The molecule has 9 nitrogen and oxygen atoms in total. The molecule has 2 amide bonds. The summed E-state index contributed by atoms with van der Waals surface area (Å²) in [5.74, 6) is -1.22. The molecule has 30 heavy (non-hydrogen) atoms. The summed E-state index contributed by atoms with van der Waals surface area (Å²) in [6.07, 6.45) is 2.36. The molecule has 0 radical (unpaired) electrons. The maximum absolute atomic E-state index is 12.4. The number of rotatable bonds is 5. The first-order chi connectivity index (χ1) is 14.5. The van der Waals surface area contributed by atoms with Crippen molar-refractivity contribution in [3.8, 4) is 0 Å². The number of fused-ring (bicyclic) bond motifs is 1. The Labute approximate surface area is 176 Å². The second-order valence-corrected chi connectivity index (χ2v) is 7.96. The molecule has 0 bridgehead atoms. The number of carbonyl (C=O) groups excluding carboxylic acids is 2. The van der Waals surface area contributed by atoms with Gasteiger partial charge in [-0.3, -0.25) is 19.8 Å². The highest BCUT2D eigenvalue weighted by molar-refractivity contribution is 6.39. The minimum atomic E-state index is -0.753. The van der Waals surface area contributed by atoms with E-state index in [2.05, 4.69) is 67.3 Å². The van der Waals surface area contributed by atoms with Crippen molar-refractivity contribution >= 4 is 23.3 Å². The molecule has 0 spiro atoms. The fourth-order valence-electron chi connectivity index (χ4n) is 4.11. The molecule has 160 valence electrons. The van der Waals surface area contributed by atoms with Crippen molar-refractivity contribution in [1.82, 2.24) is 20.3 Å². The van der Waals surface area contributed by atoms with Crippen LogP contribution in [-0.2, 0) is 16.0 Å².